The molecule has 3 N–H and O–H groups in total. The average molecular weight is 280 g/mol. The maximum atomic E-state index is 13.5. The van der Waals surface area contributed by atoms with Crippen LogP contribution in [0.2, 0.25) is 0 Å². The van der Waals surface area contributed by atoms with Crippen LogP contribution in [0.3, 0.4) is 0 Å². The second kappa shape index (κ2) is 6.00. The summed E-state index contributed by atoms with van der Waals surface area (Å²) in [6.07, 6.45) is 3.27. The molecule has 1 aromatic rings. The first-order valence-electron chi connectivity index (χ1n) is 7.31. The first kappa shape index (κ1) is 15.1. The van der Waals surface area contributed by atoms with Gasteiger partial charge < -0.3 is 15.8 Å². The van der Waals surface area contributed by atoms with E-state index in [0.29, 0.717) is 12.5 Å². The van der Waals surface area contributed by atoms with Crippen molar-refractivity contribution in [2.45, 2.75) is 38.6 Å². The normalized spacial score (nSPS) is 30.1. The van der Waals surface area contributed by atoms with Crippen molar-refractivity contribution in [2.75, 3.05) is 19.0 Å². The predicted molar refractivity (Wildman–Crippen MR) is 80.5 cm³/mol. The van der Waals surface area contributed by atoms with Crippen molar-refractivity contribution >= 4 is 5.69 Å². The number of ether oxygens (including phenoxy) is 1. The van der Waals surface area contributed by atoms with Crippen LogP contribution in [-0.2, 0) is 0 Å². The molecule has 3 atom stereocenters. The summed E-state index contributed by atoms with van der Waals surface area (Å²) >= 11 is 0. The van der Waals surface area contributed by atoms with E-state index in [1.165, 1.54) is 19.6 Å². The molecule has 0 aliphatic heterocycles. The molecule has 0 heterocycles. The zero-order valence-corrected chi connectivity index (χ0v) is 12.6. The maximum Gasteiger partial charge on any atom is 0.165 e. The Kier molecular flexibility index (Phi) is 4.53. The Morgan fingerprint density at radius 3 is 2.75 bits per heavy atom. The van der Waals surface area contributed by atoms with Gasteiger partial charge in [0.05, 0.1) is 7.11 Å². The quantitative estimate of drug-likeness (QED) is 0.888. The number of hydrogen-bond acceptors (Lipinski definition) is 3. The van der Waals surface area contributed by atoms with E-state index in [4.69, 9.17) is 10.5 Å². The van der Waals surface area contributed by atoms with E-state index in [-0.39, 0.29) is 17.1 Å². The van der Waals surface area contributed by atoms with Gasteiger partial charge in [-0.2, -0.15) is 0 Å². The van der Waals surface area contributed by atoms with E-state index in [9.17, 15) is 4.39 Å². The highest BCUT2D eigenvalue weighted by atomic mass is 19.1. The van der Waals surface area contributed by atoms with Crippen LogP contribution in [-0.4, -0.2) is 19.2 Å². The lowest BCUT2D eigenvalue weighted by molar-refractivity contribution is 0.196. The van der Waals surface area contributed by atoms with Crippen molar-refractivity contribution in [1.82, 2.24) is 0 Å². The molecule has 4 heteroatoms. The van der Waals surface area contributed by atoms with Crippen molar-refractivity contribution in [2.24, 2.45) is 17.6 Å². The third-order valence-corrected chi connectivity index (χ3v) is 4.71. The van der Waals surface area contributed by atoms with Gasteiger partial charge in [0.1, 0.15) is 0 Å². The second-order valence-electron chi connectivity index (χ2n) is 6.16. The number of nitrogens with two attached hydrogens (primary N) is 1. The van der Waals surface area contributed by atoms with Crippen molar-refractivity contribution in [3.8, 4) is 5.75 Å². The van der Waals surface area contributed by atoms with Gasteiger partial charge in [-0.15, -0.1) is 0 Å². The molecule has 1 aliphatic carbocycles. The van der Waals surface area contributed by atoms with Crippen molar-refractivity contribution in [1.29, 1.82) is 0 Å². The van der Waals surface area contributed by atoms with Crippen LogP contribution < -0.4 is 15.8 Å². The summed E-state index contributed by atoms with van der Waals surface area (Å²) in [5.41, 5.74) is 6.81. The predicted octanol–water partition coefficient (Wildman–Crippen LogP) is 3.40. The first-order chi connectivity index (χ1) is 9.49. The Morgan fingerprint density at radius 1 is 1.40 bits per heavy atom. The fourth-order valence-electron chi connectivity index (χ4n) is 3.10. The summed E-state index contributed by atoms with van der Waals surface area (Å²) in [7, 11) is 1.48. The molecule has 20 heavy (non-hydrogen) atoms. The highest BCUT2D eigenvalue weighted by molar-refractivity contribution is 5.51. The molecule has 0 bridgehead atoms. The van der Waals surface area contributed by atoms with E-state index in [0.717, 1.165) is 24.4 Å². The third kappa shape index (κ3) is 3.06. The highest BCUT2D eigenvalue weighted by Crippen LogP contribution is 2.38. The maximum absolute atomic E-state index is 13.5. The molecule has 0 aromatic heterocycles. The molecule has 0 spiro atoms. The molecule has 0 saturated heterocycles. The highest BCUT2D eigenvalue weighted by Gasteiger charge is 2.36. The number of rotatable bonds is 4. The number of halogens is 1. The Bertz CT molecular complexity index is 466. The minimum absolute atomic E-state index is 0.0885. The van der Waals surface area contributed by atoms with Gasteiger partial charge in [-0.3, -0.25) is 0 Å². The molecule has 3 unspecified atom stereocenters. The van der Waals surface area contributed by atoms with Gasteiger partial charge in [0.15, 0.2) is 11.6 Å². The van der Waals surface area contributed by atoms with Gasteiger partial charge >= 0.3 is 0 Å². The number of nitrogens with one attached hydrogen (secondary N) is 1. The molecule has 1 fully saturated rings. The lowest BCUT2D eigenvalue weighted by atomic mass is 9.71. The molecule has 0 radical (unpaired) electrons. The van der Waals surface area contributed by atoms with Crippen molar-refractivity contribution < 1.29 is 9.13 Å². The summed E-state index contributed by atoms with van der Waals surface area (Å²) in [5.74, 6) is 1.30. The lowest BCUT2D eigenvalue weighted by Gasteiger charge is -2.43. The van der Waals surface area contributed by atoms with Crippen LogP contribution in [0.1, 0.15) is 33.1 Å². The van der Waals surface area contributed by atoms with E-state index in [1.807, 2.05) is 0 Å². The van der Waals surface area contributed by atoms with E-state index < -0.39 is 0 Å². The smallest absolute Gasteiger partial charge is 0.165 e. The van der Waals surface area contributed by atoms with E-state index in [2.05, 4.69) is 19.2 Å². The second-order valence-corrected chi connectivity index (χ2v) is 6.16. The fraction of sp³-hybridized carbons (Fsp3) is 0.625. The van der Waals surface area contributed by atoms with Crippen molar-refractivity contribution in [3.63, 3.8) is 0 Å². The zero-order chi connectivity index (χ0) is 14.8. The molecule has 3 nitrogen and oxygen atoms in total. The topological polar surface area (TPSA) is 47.3 Å². The monoisotopic (exact) mass is 280 g/mol. The number of benzene rings is 1. The van der Waals surface area contributed by atoms with Gasteiger partial charge in [-0.05, 0) is 43.2 Å². The van der Waals surface area contributed by atoms with Crippen LogP contribution >= 0.6 is 0 Å². The molecule has 1 aliphatic rings. The number of methoxy groups -OCH3 is 1. The van der Waals surface area contributed by atoms with Gasteiger partial charge in [-0.25, -0.2) is 4.39 Å². The van der Waals surface area contributed by atoms with Crippen LogP contribution in [0.15, 0.2) is 18.2 Å². The van der Waals surface area contributed by atoms with Gasteiger partial charge in [0.2, 0.25) is 0 Å². The molecule has 1 saturated carbocycles. The molecular weight excluding hydrogens is 255 g/mol. The van der Waals surface area contributed by atoms with Crippen LogP contribution in [0.4, 0.5) is 10.1 Å². The molecule has 112 valence electrons. The summed E-state index contributed by atoms with van der Waals surface area (Å²) < 4.78 is 18.5. The Balaban J connectivity index is 2.18. The summed E-state index contributed by atoms with van der Waals surface area (Å²) in [6, 6.07) is 4.88. The van der Waals surface area contributed by atoms with Gasteiger partial charge in [-0.1, -0.05) is 13.8 Å². The minimum atomic E-state index is -0.342. The molecular formula is C16H25FN2O. The Hall–Kier alpha value is -1.29. The fourth-order valence-corrected chi connectivity index (χ4v) is 3.10. The van der Waals surface area contributed by atoms with Crippen molar-refractivity contribution in [3.05, 3.63) is 24.0 Å². The Morgan fingerprint density at radius 2 is 2.15 bits per heavy atom. The largest absolute Gasteiger partial charge is 0.494 e. The summed E-state index contributed by atoms with van der Waals surface area (Å²) in [5, 5.41) is 3.53. The van der Waals surface area contributed by atoms with Crippen LogP contribution in [0.25, 0.3) is 0 Å². The molecule has 2 rings (SSSR count). The van der Waals surface area contributed by atoms with E-state index >= 15 is 0 Å². The Labute approximate surface area is 120 Å². The average Bonchev–Trinajstić information content (AvgIpc) is 2.45. The lowest BCUT2D eigenvalue weighted by Crippen LogP contribution is -2.50. The summed E-state index contributed by atoms with van der Waals surface area (Å²) in [6.45, 7) is 5.16. The van der Waals surface area contributed by atoms with Crippen LogP contribution in [0, 0.1) is 17.7 Å². The number of anilines is 1. The van der Waals surface area contributed by atoms with Crippen LogP contribution in [0.5, 0.6) is 5.75 Å². The zero-order valence-electron chi connectivity index (χ0n) is 12.6. The minimum Gasteiger partial charge on any atom is -0.494 e. The standard InChI is InChI=1S/C16H25FN2O/c1-11-6-7-16(10-18,9-12(11)2)19-13-4-5-14(17)15(8-13)20-3/h4-5,8,11-12,19H,6-7,9-10,18H2,1-3H3. The molecule has 1 aromatic carbocycles. The SMILES string of the molecule is COc1cc(NC2(CN)CCC(C)C(C)C2)ccc1F. The number of hydrogen-bond donors (Lipinski definition) is 2. The molecule has 0 amide bonds. The van der Waals surface area contributed by atoms with Gasteiger partial charge in [0.25, 0.3) is 0 Å². The first-order valence-corrected chi connectivity index (χ1v) is 7.31. The van der Waals surface area contributed by atoms with E-state index in [1.54, 1.807) is 12.1 Å². The summed E-state index contributed by atoms with van der Waals surface area (Å²) in [4.78, 5) is 0. The third-order valence-electron chi connectivity index (χ3n) is 4.71. The van der Waals surface area contributed by atoms with Gasteiger partial charge in [0, 0.05) is 23.8 Å².